The molecule has 0 aliphatic heterocycles. The summed E-state index contributed by atoms with van der Waals surface area (Å²) in [6, 6.07) is 94.0. The Morgan fingerprint density at radius 2 is 0.636 bits per heavy atom. The van der Waals surface area contributed by atoms with Crippen LogP contribution in [0.1, 0.15) is 47.2 Å². The van der Waals surface area contributed by atoms with Gasteiger partial charge >= 0.3 is 0 Å². The van der Waals surface area contributed by atoms with E-state index in [1.807, 2.05) is 0 Å². The maximum atomic E-state index is 2.42. The van der Waals surface area contributed by atoms with E-state index in [0.717, 1.165) is 0 Å². The fraction of sp³-hybridized carbons (Fsp3) is 0.0400. The van der Waals surface area contributed by atoms with Crippen molar-refractivity contribution in [3.63, 3.8) is 0 Å². The Balaban J connectivity index is 0.650. The van der Waals surface area contributed by atoms with Gasteiger partial charge in [-0.1, -0.05) is 220 Å². The average molecular weight is 981 g/mol. The van der Waals surface area contributed by atoms with E-state index < -0.39 is 0 Å². The van der Waals surface area contributed by atoms with Crippen molar-refractivity contribution in [1.29, 1.82) is 0 Å². The topological polar surface area (TPSA) is 9.86 Å². The molecule has 0 unspecified atom stereocenters. The largest absolute Gasteiger partial charge is 0.309 e. The molecule has 0 atom stereocenters. The molecule has 0 N–H and O–H groups in total. The molecule has 0 radical (unpaired) electrons. The molecule has 1 aliphatic rings. The molecule has 0 saturated heterocycles. The van der Waals surface area contributed by atoms with Crippen molar-refractivity contribution in [3.05, 3.63) is 288 Å². The number of fused-ring (bicyclic) bond motifs is 11. The van der Waals surface area contributed by atoms with E-state index in [1.165, 1.54) is 143 Å². The van der Waals surface area contributed by atoms with Crippen molar-refractivity contribution in [2.75, 3.05) is 0 Å². The van der Waals surface area contributed by atoms with Gasteiger partial charge in [0.05, 0.1) is 22.1 Å². The molecule has 2 aromatic heterocycles. The van der Waals surface area contributed by atoms with Crippen LogP contribution in [0.5, 0.6) is 0 Å². The van der Waals surface area contributed by atoms with E-state index >= 15 is 0 Å². The third-order valence-electron chi connectivity index (χ3n) is 16.5. The van der Waals surface area contributed by atoms with Gasteiger partial charge in [0, 0.05) is 38.3 Å². The fourth-order valence-electron chi connectivity index (χ4n) is 12.4. The van der Waals surface area contributed by atoms with Crippen LogP contribution >= 0.6 is 0 Å². The molecule has 0 amide bonds. The summed E-state index contributed by atoms with van der Waals surface area (Å²) in [7, 11) is 0. The molecule has 0 spiro atoms. The summed E-state index contributed by atoms with van der Waals surface area (Å²) < 4.78 is 4.79. The maximum absolute atomic E-state index is 2.42. The minimum absolute atomic E-state index is 0.145. The minimum atomic E-state index is -0.145. The van der Waals surface area contributed by atoms with Gasteiger partial charge in [-0.2, -0.15) is 0 Å². The Morgan fingerprint density at radius 3 is 1.09 bits per heavy atom. The molecule has 12 aromatic carbocycles. The van der Waals surface area contributed by atoms with Gasteiger partial charge in [-0.05, 0) is 161 Å². The highest BCUT2D eigenvalue weighted by molar-refractivity contribution is 6.11. The van der Waals surface area contributed by atoms with Crippen molar-refractivity contribution in [3.8, 4) is 44.8 Å². The number of rotatable bonds is 8. The van der Waals surface area contributed by atoms with Crippen LogP contribution in [0.25, 0.3) is 134 Å². The lowest BCUT2D eigenvalue weighted by molar-refractivity contribution is 0.661. The summed E-state index contributed by atoms with van der Waals surface area (Å²) in [5.41, 5.74) is 22.1. The van der Waals surface area contributed by atoms with Crippen LogP contribution in [-0.2, 0) is 5.41 Å². The zero-order chi connectivity index (χ0) is 51.2. The number of benzene rings is 12. The third kappa shape index (κ3) is 7.55. The van der Waals surface area contributed by atoms with Crippen LogP contribution in [0.15, 0.2) is 255 Å². The highest BCUT2D eigenvalue weighted by Crippen LogP contribution is 2.51. The van der Waals surface area contributed by atoms with Crippen molar-refractivity contribution >= 4 is 89.5 Å². The molecule has 2 heterocycles. The lowest BCUT2D eigenvalue weighted by Gasteiger charge is -2.22. The highest BCUT2D eigenvalue weighted by Gasteiger charge is 2.36. The van der Waals surface area contributed by atoms with E-state index in [-0.39, 0.29) is 5.41 Å². The zero-order valence-corrected chi connectivity index (χ0v) is 43.0. The van der Waals surface area contributed by atoms with Crippen LogP contribution in [0.4, 0.5) is 0 Å². The monoisotopic (exact) mass is 980 g/mol. The standard InChI is InChI=1S/C75H52N2/c1-75(2)69-47-59(55-29-23-49(24-30-55)19-21-51-27-41-73-67(43-51)65-15-7-9-17-71(65)76(73)61-37-33-53-11-3-5-13-57(53)45-61)35-39-63(69)64-40-36-60(48-70(64)75)56-31-25-50(26-32-56)20-22-52-28-42-74-68(44-52)66-16-8-10-18-72(66)77(74)62-38-34-54-12-4-6-14-58(54)46-62/h3-48H,1-2H3. The summed E-state index contributed by atoms with van der Waals surface area (Å²) in [6.45, 7) is 4.76. The number of hydrogen-bond donors (Lipinski definition) is 0. The van der Waals surface area contributed by atoms with E-state index in [1.54, 1.807) is 0 Å². The molecule has 2 nitrogen and oxygen atoms in total. The molecule has 362 valence electrons. The highest BCUT2D eigenvalue weighted by atomic mass is 15.0. The molecule has 0 saturated carbocycles. The lowest BCUT2D eigenvalue weighted by Crippen LogP contribution is -2.15. The Bertz CT molecular complexity index is 4440. The number of hydrogen-bond acceptors (Lipinski definition) is 0. The molecule has 1 aliphatic carbocycles. The van der Waals surface area contributed by atoms with Gasteiger partial charge in [0.25, 0.3) is 0 Å². The third-order valence-corrected chi connectivity index (χ3v) is 16.5. The normalized spacial score (nSPS) is 13.1. The van der Waals surface area contributed by atoms with Gasteiger partial charge in [0.2, 0.25) is 0 Å². The number of aromatic nitrogens is 2. The van der Waals surface area contributed by atoms with Crippen LogP contribution < -0.4 is 0 Å². The molecule has 2 heteroatoms. The lowest BCUT2D eigenvalue weighted by atomic mass is 9.81. The second-order valence-electron chi connectivity index (χ2n) is 21.4. The van der Waals surface area contributed by atoms with E-state index in [0.29, 0.717) is 0 Å². The predicted octanol–water partition coefficient (Wildman–Crippen LogP) is 20.2. The predicted molar refractivity (Wildman–Crippen MR) is 329 cm³/mol. The summed E-state index contributed by atoms with van der Waals surface area (Å²) in [5.74, 6) is 0. The van der Waals surface area contributed by atoms with Crippen LogP contribution in [0.2, 0.25) is 0 Å². The molecular weight excluding hydrogens is 929 g/mol. The summed E-state index contributed by atoms with van der Waals surface area (Å²) in [6.07, 6.45) is 8.93. The Hall–Kier alpha value is -9.76. The second kappa shape index (κ2) is 17.7. The van der Waals surface area contributed by atoms with Crippen LogP contribution in [-0.4, -0.2) is 9.13 Å². The molecule has 0 bridgehead atoms. The van der Waals surface area contributed by atoms with Crippen LogP contribution in [0.3, 0.4) is 0 Å². The average Bonchev–Trinajstić information content (AvgIpc) is 4.15. The van der Waals surface area contributed by atoms with Crippen molar-refractivity contribution in [1.82, 2.24) is 9.13 Å². The molecule has 14 aromatic rings. The quantitative estimate of drug-likeness (QED) is 0.134. The van der Waals surface area contributed by atoms with Gasteiger partial charge in [-0.15, -0.1) is 0 Å². The van der Waals surface area contributed by atoms with Crippen LogP contribution in [0, 0.1) is 0 Å². The fourth-order valence-corrected chi connectivity index (χ4v) is 12.4. The van der Waals surface area contributed by atoms with Gasteiger partial charge < -0.3 is 9.13 Å². The number of para-hydroxylation sites is 2. The maximum Gasteiger partial charge on any atom is 0.0541 e. The SMILES string of the molecule is CC1(C)c2cc(-c3ccc(C=Cc4ccc5c(c4)c4ccccc4n5-c4ccc5ccccc5c4)cc3)ccc2-c2ccc(-c3ccc(C=Cc4ccc5c(c4)c4ccccc4n5-c4ccc5ccccc5c4)cc3)cc21. The van der Waals surface area contributed by atoms with E-state index in [9.17, 15) is 0 Å². The van der Waals surface area contributed by atoms with Gasteiger partial charge in [0.1, 0.15) is 0 Å². The first kappa shape index (κ1) is 44.7. The first-order valence-corrected chi connectivity index (χ1v) is 26.8. The summed E-state index contributed by atoms with van der Waals surface area (Å²) >= 11 is 0. The summed E-state index contributed by atoms with van der Waals surface area (Å²) in [4.78, 5) is 0. The molecule has 0 fully saturated rings. The van der Waals surface area contributed by atoms with Crippen molar-refractivity contribution < 1.29 is 0 Å². The Kier molecular flexibility index (Phi) is 10.3. The Morgan fingerprint density at radius 1 is 0.273 bits per heavy atom. The summed E-state index contributed by atoms with van der Waals surface area (Å²) in [5, 5.41) is 10.0. The van der Waals surface area contributed by atoms with Gasteiger partial charge in [0.15, 0.2) is 0 Å². The second-order valence-corrected chi connectivity index (χ2v) is 21.4. The van der Waals surface area contributed by atoms with Gasteiger partial charge in [-0.25, -0.2) is 0 Å². The first-order valence-electron chi connectivity index (χ1n) is 26.8. The van der Waals surface area contributed by atoms with Gasteiger partial charge in [-0.3, -0.25) is 0 Å². The molecule has 77 heavy (non-hydrogen) atoms. The van der Waals surface area contributed by atoms with Crippen molar-refractivity contribution in [2.24, 2.45) is 0 Å². The van der Waals surface area contributed by atoms with E-state index in [2.05, 4.69) is 302 Å². The smallest absolute Gasteiger partial charge is 0.0541 e. The zero-order valence-electron chi connectivity index (χ0n) is 43.0. The minimum Gasteiger partial charge on any atom is -0.309 e. The Labute approximate surface area is 448 Å². The van der Waals surface area contributed by atoms with Crippen molar-refractivity contribution in [2.45, 2.75) is 19.3 Å². The first-order chi connectivity index (χ1) is 37.9. The van der Waals surface area contributed by atoms with E-state index in [4.69, 9.17) is 0 Å². The number of nitrogens with zero attached hydrogens (tertiary/aromatic N) is 2. The molecular formula is C75H52N2. The molecule has 15 rings (SSSR count).